The number of nitrogens with zero attached hydrogens (tertiary/aromatic N) is 2. The van der Waals surface area contributed by atoms with E-state index in [1.165, 1.54) is 16.5 Å². The summed E-state index contributed by atoms with van der Waals surface area (Å²) in [6.45, 7) is 8.07. The van der Waals surface area contributed by atoms with Gasteiger partial charge in [-0.15, -0.1) is 6.58 Å². The SMILES string of the molecule is C=C[C@@H]1C[C@@]1(NC(=O)[C@@H]1C[C@@H]2CN1C(=O)[C@H](C(C)C)NC(=O)CCCCCCc1cccc3c1CN(C3)C(=O)O2)C(=O)NS(=O)(=O)C1CC1. The third-order valence-electron chi connectivity index (χ3n) is 10.6. The summed E-state index contributed by atoms with van der Waals surface area (Å²) < 4.78 is 33.3. The number of aryl methyl sites for hydroxylation is 1. The Balaban J connectivity index is 1.25. The van der Waals surface area contributed by atoms with Crippen molar-refractivity contribution in [3.63, 3.8) is 0 Å². The van der Waals surface area contributed by atoms with Crippen LogP contribution in [0.15, 0.2) is 30.9 Å². The van der Waals surface area contributed by atoms with Crippen LogP contribution in [0.2, 0.25) is 0 Å². The fraction of sp³-hybridized carbons (Fsp3) is 0.629. The van der Waals surface area contributed by atoms with Crippen molar-refractivity contribution in [1.82, 2.24) is 25.2 Å². The zero-order chi connectivity index (χ0) is 35.1. The Morgan fingerprint density at radius 1 is 1.06 bits per heavy atom. The Bertz CT molecular complexity index is 1640. The molecule has 2 aliphatic carbocycles. The molecular formula is C35H47N5O8S. The van der Waals surface area contributed by atoms with Crippen LogP contribution in [-0.4, -0.2) is 83.5 Å². The first-order valence-corrected chi connectivity index (χ1v) is 19.0. The maximum absolute atomic E-state index is 14.2. The lowest BCUT2D eigenvalue weighted by molar-refractivity contribution is -0.143. The molecule has 3 N–H and O–H groups in total. The monoisotopic (exact) mass is 697 g/mol. The minimum atomic E-state index is -3.88. The number of hydrogen-bond acceptors (Lipinski definition) is 8. The van der Waals surface area contributed by atoms with Crippen molar-refractivity contribution in [3.05, 3.63) is 47.5 Å². The van der Waals surface area contributed by atoms with Crippen molar-refractivity contribution >= 4 is 39.7 Å². The molecule has 5 amide bonds. The van der Waals surface area contributed by atoms with Gasteiger partial charge in [0.25, 0.3) is 5.91 Å². The van der Waals surface area contributed by atoms with Crippen LogP contribution < -0.4 is 15.4 Å². The van der Waals surface area contributed by atoms with Gasteiger partial charge in [0.1, 0.15) is 23.7 Å². The lowest BCUT2D eigenvalue weighted by Gasteiger charge is -2.31. The van der Waals surface area contributed by atoms with Gasteiger partial charge in [0.15, 0.2) is 0 Å². The molecule has 0 spiro atoms. The van der Waals surface area contributed by atoms with E-state index in [4.69, 9.17) is 4.74 Å². The number of ether oxygens (including phenoxy) is 1. The molecule has 5 aliphatic rings. The Labute approximate surface area is 287 Å². The Morgan fingerprint density at radius 3 is 2.45 bits per heavy atom. The highest BCUT2D eigenvalue weighted by atomic mass is 32.2. The highest BCUT2D eigenvalue weighted by molar-refractivity contribution is 7.91. The number of benzene rings is 1. The Hall–Kier alpha value is -3.94. The van der Waals surface area contributed by atoms with Gasteiger partial charge in [0, 0.05) is 31.8 Å². The summed E-state index contributed by atoms with van der Waals surface area (Å²) in [6, 6.07) is 4.01. The fourth-order valence-corrected chi connectivity index (χ4v) is 8.72. The third kappa shape index (κ3) is 7.34. The van der Waals surface area contributed by atoms with E-state index < -0.39 is 68.7 Å². The molecule has 3 aliphatic heterocycles. The van der Waals surface area contributed by atoms with Crippen molar-refractivity contribution < 1.29 is 37.1 Å². The standard InChI is InChI=1S/C35H47N5O8S/c1-4-24-17-35(24,33(44)38-49(46,47)26-14-15-26)37-31(42)28-16-25-19-40(28)32(43)30(21(2)3)36-29(41)13-8-6-5-7-10-22-11-9-12-23-18-39(20-27(22)23)34(45)48-25/h4,9,11-12,21,24-26,28,30H,1,5-8,10,13-20H2,2-3H3,(H,36,41)(H,37,42)(H,38,44)/t24-,25-,28+,30+,35+/m1/s1. The van der Waals surface area contributed by atoms with Crippen LogP contribution >= 0.6 is 0 Å². The highest BCUT2D eigenvalue weighted by Gasteiger charge is 2.62. The molecule has 49 heavy (non-hydrogen) atoms. The third-order valence-corrected chi connectivity index (χ3v) is 12.4. The van der Waals surface area contributed by atoms with E-state index in [1.54, 1.807) is 18.7 Å². The quantitative estimate of drug-likeness (QED) is 0.365. The molecule has 3 fully saturated rings. The van der Waals surface area contributed by atoms with Crippen LogP contribution in [0, 0.1) is 11.8 Å². The molecule has 1 saturated heterocycles. The molecule has 14 heteroatoms. The summed E-state index contributed by atoms with van der Waals surface area (Å²) in [6.07, 6.45) is 5.72. The van der Waals surface area contributed by atoms with Crippen molar-refractivity contribution in [3.8, 4) is 0 Å². The number of fused-ring (bicyclic) bond motifs is 3. The van der Waals surface area contributed by atoms with Gasteiger partial charge in [-0.25, -0.2) is 13.2 Å². The zero-order valence-electron chi connectivity index (χ0n) is 28.2. The van der Waals surface area contributed by atoms with E-state index >= 15 is 0 Å². The zero-order valence-corrected chi connectivity index (χ0v) is 29.1. The largest absolute Gasteiger partial charge is 0.444 e. The van der Waals surface area contributed by atoms with E-state index in [0.717, 1.165) is 36.8 Å². The molecule has 13 nitrogen and oxygen atoms in total. The first kappa shape index (κ1) is 34.9. The average Bonchev–Trinajstić information content (AvgIpc) is 3.95. The van der Waals surface area contributed by atoms with E-state index in [-0.39, 0.29) is 37.6 Å². The van der Waals surface area contributed by atoms with Gasteiger partial charge in [0.2, 0.25) is 27.7 Å². The molecule has 1 aromatic rings. The molecular weight excluding hydrogens is 650 g/mol. The van der Waals surface area contributed by atoms with Crippen LogP contribution in [-0.2, 0) is 53.4 Å². The summed E-state index contributed by atoms with van der Waals surface area (Å²) in [5.74, 6) is -3.10. The van der Waals surface area contributed by atoms with E-state index in [9.17, 15) is 32.4 Å². The van der Waals surface area contributed by atoms with E-state index in [2.05, 4.69) is 28.0 Å². The van der Waals surface area contributed by atoms with E-state index in [0.29, 0.717) is 32.4 Å². The van der Waals surface area contributed by atoms with E-state index in [1.807, 2.05) is 12.1 Å². The fourth-order valence-electron chi connectivity index (χ4n) is 7.36. The predicted octanol–water partition coefficient (Wildman–Crippen LogP) is 2.43. The van der Waals surface area contributed by atoms with Crippen LogP contribution in [0.3, 0.4) is 0 Å². The molecule has 0 radical (unpaired) electrons. The van der Waals surface area contributed by atoms with Crippen LogP contribution in [0.4, 0.5) is 4.79 Å². The van der Waals surface area contributed by atoms with Crippen molar-refractivity contribution in [2.45, 2.75) is 120 Å². The predicted molar refractivity (Wildman–Crippen MR) is 179 cm³/mol. The first-order chi connectivity index (χ1) is 23.3. The molecule has 266 valence electrons. The molecule has 0 aromatic heterocycles. The summed E-state index contributed by atoms with van der Waals surface area (Å²) in [5.41, 5.74) is 1.83. The topological polar surface area (TPSA) is 171 Å². The van der Waals surface area contributed by atoms with Crippen molar-refractivity contribution in [2.24, 2.45) is 11.8 Å². The number of carbonyl (C=O) groups is 5. The average molecular weight is 698 g/mol. The Kier molecular flexibility index (Phi) is 9.80. The van der Waals surface area contributed by atoms with Gasteiger partial charge in [-0.2, -0.15) is 0 Å². The van der Waals surface area contributed by atoms with Gasteiger partial charge in [-0.3, -0.25) is 28.8 Å². The van der Waals surface area contributed by atoms with Crippen LogP contribution in [0.5, 0.6) is 0 Å². The second-order valence-corrected chi connectivity index (χ2v) is 16.5. The lowest BCUT2D eigenvalue weighted by Crippen LogP contribution is -2.59. The maximum Gasteiger partial charge on any atom is 0.410 e. The molecule has 4 bridgehead atoms. The molecule has 1 aromatic carbocycles. The summed E-state index contributed by atoms with van der Waals surface area (Å²) in [5, 5.41) is 4.99. The summed E-state index contributed by atoms with van der Waals surface area (Å²) in [4.78, 5) is 71.1. The van der Waals surface area contributed by atoms with Crippen molar-refractivity contribution in [1.29, 1.82) is 0 Å². The number of hydrogen-bond donors (Lipinski definition) is 3. The molecule has 6 rings (SSSR count). The number of amides is 5. The van der Waals surface area contributed by atoms with Gasteiger partial charge < -0.3 is 20.3 Å². The highest BCUT2D eigenvalue weighted by Crippen LogP contribution is 2.45. The second kappa shape index (κ2) is 13.8. The molecule has 0 unspecified atom stereocenters. The number of carbonyl (C=O) groups excluding carboxylic acids is 5. The maximum atomic E-state index is 14.2. The minimum absolute atomic E-state index is 0.0368. The summed E-state index contributed by atoms with van der Waals surface area (Å²) >= 11 is 0. The van der Waals surface area contributed by atoms with Gasteiger partial charge in [0.05, 0.1) is 11.8 Å². The lowest BCUT2D eigenvalue weighted by atomic mass is 9.98. The number of rotatable bonds is 7. The minimum Gasteiger partial charge on any atom is -0.444 e. The smallest absolute Gasteiger partial charge is 0.410 e. The van der Waals surface area contributed by atoms with Gasteiger partial charge in [-0.1, -0.05) is 51.0 Å². The van der Waals surface area contributed by atoms with Crippen molar-refractivity contribution in [2.75, 3.05) is 6.54 Å². The van der Waals surface area contributed by atoms with Gasteiger partial charge >= 0.3 is 6.09 Å². The second-order valence-electron chi connectivity index (χ2n) is 14.5. The number of nitrogens with one attached hydrogen (secondary N) is 3. The molecule has 2 saturated carbocycles. The molecule has 3 heterocycles. The molecule has 5 atom stereocenters. The normalized spacial score (nSPS) is 29.3. The summed E-state index contributed by atoms with van der Waals surface area (Å²) in [7, 11) is -3.88. The van der Waals surface area contributed by atoms with Gasteiger partial charge in [-0.05, 0) is 61.1 Å². The number of sulfonamides is 1. The first-order valence-electron chi connectivity index (χ1n) is 17.5. The Morgan fingerprint density at radius 2 is 1.78 bits per heavy atom. The van der Waals surface area contributed by atoms with Crippen LogP contribution in [0.25, 0.3) is 0 Å². The van der Waals surface area contributed by atoms with Crippen LogP contribution in [0.1, 0.15) is 88.3 Å².